The molecule has 3 aromatic rings. The lowest BCUT2D eigenvalue weighted by molar-refractivity contribution is 0.0853. The molecule has 1 fully saturated rings. The van der Waals surface area contributed by atoms with Gasteiger partial charge >= 0.3 is 0 Å². The van der Waals surface area contributed by atoms with Crippen molar-refractivity contribution < 1.29 is 23.1 Å². The lowest BCUT2D eigenvalue weighted by Crippen LogP contribution is -2.32. The first-order chi connectivity index (χ1) is 16.1. The second-order valence-corrected chi connectivity index (χ2v) is 8.09. The van der Waals surface area contributed by atoms with Gasteiger partial charge in [-0.2, -0.15) is 0 Å². The van der Waals surface area contributed by atoms with Crippen LogP contribution in [0.25, 0.3) is 0 Å². The Bertz CT molecular complexity index is 1050. The van der Waals surface area contributed by atoms with Gasteiger partial charge in [-0.15, -0.1) is 0 Å². The fourth-order valence-electron chi connectivity index (χ4n) is 3.83. The van der Waals surface area contributed by atoms with Crippen molar-refractivity contribution in [2.45, 2.75) is 38.6 Å². The summed E-state index contributed by atoms with van der Waals surface area (Å²) in [6.07, 6.45) is 3.41. The van der Waals surface area contributed by atoms with Gasteiger partial charge in [-0.05, 0) is 48.2 Å². The Morgan fingerprint density at radius 3 is 2.76 bits per heavy atom. The zero-order valence-corrected chi connectivity index (χ0v) is 18.6. The number of nitrogens with one attached hydrogen (secondary N) is 1. The molecule has 1 aliphatic heterocycles. The fourth-order valence-corrected chi connectivity index (χ4v) is 3.83. The summed E-state index contributed by atoms with van der Waals surface area (Å²) in [6, 6.07) is 14.2. The third-order valence-corrected chi connectivity index (χ3v) is 5.52. The van der Waals surface area contributed by atoms with E-state index >= 15 is 0 Å². The third kappa shape index (κ3) is 6.63. The first kappa shape index (κ1) is 22.9. The van der Waals surface area contributed by atoms with Crippen LogP contribution in [-0.4, -0.2) is 42.2 Å². The standard InChI is InChI=1S/C25H28FN3O4/c1-31-21-5-2-4-19(12-21)15-29(14-18-7-9-20(26)10-8-18)16-24-28-23(17-33-24)25(30)27-13-22-6-3-11-32-22/h2,4-5,7-10,12,17,22H,3,6,11,13-16H2,1H3,(H,27,30). The highest BCUT2D eigenvalue weighted by Gasteiger charge is 2.19. The molecule has 0 bridgehead atoms. The second kappa shape index (κ2) is 11.1. The van der Waals surface area contributed by atoms with Crippen molar-refractivity contribution in [2.75, 3.05) is 20.3 Å². The zero-order chi connectivity index (χ0) is 23.0. The molecule has 0 aliphatic carbocycles. The molecule has 174 valence electrons. The molecular formula is C25H28FN3O4. The van der Waals surface area contributed by atoms with E-state index in [-0.39, 0.29) is 23.5 Å². The maximum Gasteiger partial charge on any atom is 0.273 e. The normalized spacial score (nSPS) is 15.7. The summed E-state index contributed by atoms with van der Waals surface area (Å²) in [5.74, 6) is 0.653. The van der Waals surface area contributed by atoms with Crippen LogP contribution in [0, 0.1) is 5.82 Å². The van der Waals surface area contributed by atoms with Gasteiger partial charge in [0, 0.05) is 26.2 Å². The maximum atomic E-state index is 13.3. The molecule has 33 heavy (non-hydrogen) atoms. The predicted octanol–water partition coefficient (Wildman–Crippen LogP) is 3.93. The number of rotatable bonds is 10. The van der Waals surface area contributed by atoms with E-state index < -0.39 is 0 Å². The number of hydrogen-bond acceptors (Lipinski definition) is 6. The van der Waals surface area contributed by atoms with Gasteiger partial charge < -0.3 is 19.2 Å². The van der Waals surface area contributed by atoms with Crippen molar-refractivity contribution in [3.8, 4) is 5.75 Å². The topological polar surface area (TPSA) is 76.8 Å². The van der Waals surface area contributed by atoms with Gasteiger partial charge in [-0.1, -0.05) is 24.3 Å². The Labute approximate surface area is 192 Å². The Kier molecular flexibility index (Phi) is 7.70. The molecule has 1 atom stereocenters. The Balaban J connectivity index is 1.43. The number of halogens is 1. The number of hydrogen-bond donors (Lipinski definition) is 1. The summed E-state index contributed by atoms with van der Waals surface area (Å²) in [4.78, 5) is 18.9. The molecule has 2 aromatic carbocycles. The van der Waals surface area contributed by atoms with Crippen LogP contribution in [0.5, 0.6) is 5.75 Å². The molecule has 1 N–H and O–H groups in total. The van der Waals surface area contributed by atoms with E-state index in [1.54, 1.807) is 19.2 Å². The number of oxazole rings is 1. The molecule has 2 heterocycles. The van der Waals surface area contributed by atoms with Crippen LogP contribution >= 0.6 is 0 Å². The van der Waals surface area contributed by atoms with Crippen LogP contribution in [-0.2, 0) is 24.4 Å². The van der Waals surface area contributed by atoms with Crippen LogP contribution in [0.15, 0.2) is 59.2 Å². The number of aromatic nitrogens is 1. The van der Waals surface area contributed by atoms with E-state index in [4.69, 9.17) is 13.9 Å². The molecule has 0 saturated carbocycles. The predicted molar refractivity (Wildman–Crippen MR) is 120 cm³/mol. The van der Waals surface area contributed by atoms with Crippen molar-refractivity contribution in [1.82, 2.24) is 15.2 Å². The van der Waals surface area contributed by atoms with Gasteiger partial charge in [-0.25, -0.2) is 9.37 Å². The second-order valence-electron chi connectivity index (χ2n) is 8.09. The monoisotopic (exact) mass is 453 g/mol. The lowest BCUT2D eigenvalue weighted by Gasteiger charge is -2.21. The van der Waals surface area contributed by atoms with Gasteiger partial charge in [0.2, 0.25) is 5.89 Å². The highest BCUT2D eigenvalue weighted by Crippen LogP contribution is 2.18. The summed E-state index contributed by atoms with van der Waals surface area (Å²) < 4.78 is 29.8. The molecule has 8 heteroatoms. The van der Waals surface area contributed by atoms with Crippen LogP contribution in [0.1, 0.15) is 40.3 Å². The molecule has 1 aliphatic rings. The first-order valence-corrected chi connectivity index (χ1v) is 11.0. The van der Waals surface area contributed by atoms with Crippen molar-refractivity contribution >= 4 is 5.91 Å². The minimum absolute atomic E-state index is 0.0642. The van der Waals surface area contributed by atoms with E-state index in [0.717, 1.165) is 36.3 Å². The molecule has 0 radical (unpaired) electrons. The molecular weight excluding hydrogens is 425 g/mol. The number of nitrogens with zero attached hydrogens (tertiary/aromatic N) is 2. The quantitative estimate of drug-likeness (QED) is 0.501. The number of ether oxygens (including phenoxy) is 2. The summed E-state index contributed by atoms with van der Waals surface area (Å²) >= 11 is 0. The molecule has 4 rings (SSSR count). The van der Waals surface area contributed by atoms with Gasteiger partial charge in [-0.3, -0.25) is 9.69 Å². The number of carbonyl (C=O) groups is 1. The largest absolute Gasteiger partial charge is 0.497 e. The van der Waals surface area contributed by atoms with Gasteiger partial charge in [0.1, 0.15) is 17.8 Å². The number of benzene rings is 2. The van der Waals surface area contributed by atoms with Gasteiger partial charge in [0.25, 0.3) is 5.91 Å². The van der Waals surface area contributed by atoms with Crippen molar-refractivity contribution in [2.24, 2.45) is 0 Å². The Morgan fingerprint density at radius 1 is 1.18 bits per heavy atom. The van der Waals surface area contributed by atoms with Gasteiger partial charge in [0.05, 0.1) is 19.8 Å². The smallest absolute Gasteiger partial charge is 0.273 e. The van der Waals surface area contributed by atoms with Crippen molar-refractivity contribution in [3.63, 3.8) is 0 Å². The average Bonchev–Trinajstić information content (AvgIpc) is 3.51. The van der Waals surface area contributed by atoms with Crippen molar-refractivity contribution in [1.29, 1.82) is 0 Å². The zero-order valence-electron chi connectivity index (χ0n) is 18.6. The van der Waals surface area contributed by atoms with E-state index in [1.165, 1.54) is 18.4 Å². The molecule has 1 aromatic heterocycles. The number of methoxy groups -OCH3 is 1. The maximum absolute atomic E-state index is 13.3. The lowest BCUT2D eigenvalue weighted by atomic mass is 10.1. The number of amides is 1. The summed E-state index contributed by atoms with van der Waals surface area (Å²) in [5, 5.41) is 2.86. The summed E-state index contributed by atoms with van der Waals surface area (Å²) in [5.41, 5.74) is 2.25. The van der Waals surface area contributed by atoms with Crippen molar-refractivity contribution in [3.05, 3.63) is 83.3 Å². The first-order valence-electron chi connectivity index (χ1n) is 11.0. The molecule has 1 unspecified atom stereocenters. The molecule has 1 saturated heterocycles. The van der Waals surface area contributed by atoms with E-state index in [1.807, 2.05) is 24.3 Å². The third-order valence-electron chi connectivity index (χ3n) is 5.52. The average molecular weight is 454 g/mol. The van der Waals surface area contributed by atoms with E-state index in [0.29, 0.717) is 32.1 Å². The highest BCUT2D eigenvalue weighted by molar-refractivity contribution is 5.91. The minimum Gasteiger partial charge on any atom is -0.497 e. The van der Waals surface area contributed by atoms with Crippen LogP contribution in [0.3, 0.4) is 0 Å². The van der Waals surface area contributed by atoms with E-state index in [2.05, 4.69) is 15.2 Å². The Morgan fingerprint density at radius 2 is 2.00 bits per heavy atom. The highest BCUT2D eigenvalue weighted by atomic mass is 19.1. The Hall–Kier alpha value is -3.23. The molecule has 0 spiro atoms. The minimum atomic E-state index is -0.279. The fraction of sp³-hybridized carbons (Fsp3) is 0.360. The van der Waals surface area contributed by atoms with E-state index in [9.17, 15) is 9.18 Å². The van der Waals surface area contributed by atoms with Crippen LogP contribution in [0.4, 0.5) is 4.39 Å². The molecule has 1 amide bonds. The van der Waals surface area contributed by atoms with Gasteiger partial charge in [0.15, 0.2) is 5.69 Å². The number of carbonyl (C=O) groups excluding carboxylic acids is 1. The van der Waals surface area contributed by atoms with Crippen LogP contribution in [0.2, 0.25) is 0 Å². The molecule has 7 nitrogen and oxygen atoms in total. The van der Waals surface area contributed by atoms with Crippen LogP contribution < -0.4 is 10.1 Å². The summed E-state index contributed by atoms with van der Waals surface area (Å²) in [6.45, 7) is 2.74. The summed E-state index contributed by atoms with van der Waals surface area (Å²) in [7, 11) is 1.63. The SMILES string of the molecule is COc1cccc(CN(Cc2ccc(F)cc2)Cc2nc(C(=O)NCC3CCCO3)co2)c1.